The van der Waals surface area contributed by atoms with Crippen LogP contribution in [0.5, 0.6) is 0 Å². The summed E-state index contributed by atoms with van der Waals surface area (Å²) in [6.45, 7) is 0. The Morgan fingerprint density at radius 2 is 1.72 bits per heavy atom. The summed E-state index contributed by atoms with van der Waals surface area (Å²) in [5.74, 6) is 0. The highest BCUT2D eigenvalue weighted by Crippen LogP contribution is 2.43. The van der Waals surface area contributed by atoms with Gasteiger partial charge in [-0.1, -0.05) is 43.9 Å². The van der Waals surface area contributed by atoms with Crippen LogP contribution in [0.25, 0.3) is 0 Å². The zero-order chi connectivity index (χ0) is 12.4. The summed E-state index contributed by atoms with van der Waals surface area (Å²) in [6, 6.07) is 8.87. The van der Waals surface area contributed by atoms with Gasteiger partial charge < -0.3 is 5.73 Å². The molecule has 2 aliphatic rings. The van der Waals surface area contributed by atoms with E-state index >= 15 is 0 Å². The maximum Gasteiger partial charge on any atom is 0.0420 e. The van der Waals surface area contributed by atoms with E-state index in [1.54, 1.807) is 0 Å². The first-order valence-electron chi connectivity index (χ1n) is 7.33. The van der Waals surface area contributed by atoms with E-state index in [2.05, 4.69) is 36.0 Å². The fraction of sp³-hybridized carbons (Fsp3) is 0.625. The van der Waals surface area contributed by atoms with Crippen LogP contribution in [0.2, 0.25) is 0 Å². The Balaban J connectivity index is 1.85. The van der Waals surface area contributed by atoms with Crippen molar-refractivity contribution in [2.24, 2.45) is 5.73 Å². The van der Waals surface area contributed by atoms with Crippen LogP contribution in [0.3, 0.4) is 0 Å². The molecule has 0 aromatic heterocycles. The molecule has 2 N–H and O–H groups in total. The van der Waals surface area contributed by atoms with Gasteiger partial charge in [-0.2, -0.15) is 0 Å². The first kappa shape index (κ1) is 12.6. The van der Waals surface area contributed by atoms with Crippen LogP contribution in [0.4, 0.5) is 0 Å². The Morgan fingerprint density at radius 3 is 2.39 bits per heavy atom. The van der Waals surface area contributed by atoms with Crippen LogP contribution < -0.4 is 5.73 Å². The van der Waals surface area contributed by atoms with E-state index in [0.717, 1.165) is 18.1 Å². The molecule has 2 saturated carbocycles. The summed E-state index contributed by atoms with van der Waals surface area (Å²) in [5, 5.41) is 0.846. The highest BCUT2D eigenvalue weighted by molar-refractivity contribution is 8.00. The standard InChI is InChI=1S/C16H23NS/c17-16(11-4-1-5-12-16)14-9-2-3-10-15(14)18-13-7-6-8-13/h2-3,9-10,13H,1,4-8,11-12,17H2. The van der Waals surface area contributed by atoms with Gasteiger partial charge in [-0.15, -0.1) is 11.8 Å². The van der Waals surface area contributed by atoms with E-state index in [1.807, 2.05) is 0 Å². The number of hydrogen-bond donors (Lipinski definition) is 1. The molecule has 0 heterocycles. The van der Waals surface area contributed by atoms with E-state index in [0.29, 0.717) is 0 Å². The predicted molar refractivity (Wildman–Crippen MR) is 78.9 cm³/mol. The average molecular weight is 261 g/mol. The molecule has 2 heteroatoms. The van der Waals surface area contributed by atoms with Gasteiger partial charge in [0.15, 0.2) is 0 Å². The Kier molecular flexibility index (Phi) is 3.67. The quantitative estimate of drug-likeness (QED) is 0.870. The molecule has 0 amide bonds. The van der Waals surface area contributed by atoms with Crippen LogP contribution in [-0.4, -0.2) is 5.25 Å². The Hall–Kier alpha value is -0.470. The second kappa shape index (κ2) is 5.26. The summed E-state index contributed by atoms with van der Waals surface area (Å²) < 4.78 is 0. The van der Waals surface area contributed by atoms with Crippen LogP contribution in [-0.2, 0) is 5.54 Å². The van der Waals surface area contributed by atoms with Crippen LogP contribution in [0, 0.1) is 0 Å². The second-order valence-corrected chi connectivity index (χ2v) is 7.23. The molecule has 98 valence electrons. The van der Waals surface area contributed by atoms with Gasteiger partial charge in [-0.3, -0.25) is 0 Å². The van der Waals surface area contributed by atoms with E-state index in [1.165, 1.54) is 49.0 Å². The van der Waals surface area contributed by atoms with E-state index in [9.17, 15) is 0 Å². The second-order valence-electron chi connectivity index (χ2n) is 5.88. The monoisotopic (exact) mass is 261 g/mol. The summed E-state index contributed by atoms with van der Waals surface area (Å²) in [6.07, 6.45) is 10.4. The number of thioether (sulfide) groups is 1. The van der Waals surface area contributed by atoms with Crippen molar-refractivity contribution in [3.8, 4) is 0 Å². The number of rotatable bonds is 3. The molecule has 2 aliphatic carbocycles. The average Bonchev–Trinajstić information content (AvgIpc) is 2.35. The molecule has 1 aromatic rings. The maximum atomic E-state index is 6.70. The van der Waals surface area contributed by atoms with Gasteiger partial charge in [0.2, 0.25) is 0 Å². The normalized spacial score (nSPS) is 23.6. The lowest BCUT2D eigenvalue weighted by Gasteiger charge is -2.36. The molecule has 18 heavy (non-hydrogen) atoms. The number of benzene rings is 1. The fourth-order valence-corrected chi connectivity index (χ4v) is 4.58. The molecule has 2 fully saturated rings. The van der Waals surface area contributed by atoms with Gasteiger partial charge in [0, 0.05) is 15.7 Å². The van der Waals surface area contributed by atoms with Crippen LogP contribution in [0.1, 0.15) is 56.9 Å². The Labute approximate surface area is 115 Å². The van der Waals surface area contributed by atoms with Gasteiger partial charge >= 0.3 is 0 Å². The molecular formula is C16H23NS. The first-order valence-corrected chi connectivity index (χ1v) is 8.21. The third-order valence-corrected chi connectivity index (χ3v) is 5.93. The highest BCUT2D eigenvalue weighted by atomic mass is 32.2. The number of nitrogens with two attached hydrogens (primary N) is 1. The van der Waals surface area contributed by atoms with Gasteiger partial charge in [0.05, 0.1) is 0 Å². The minimum Gasteiger partial charge on any atom is -0.321 e. The predicted octanol–water partition coefficient (Wildman–Crippen LogP) is 4.45. The summed E-state index contributed by atoms with van der Waals surface area (Å²) >= 11 is 2.07. The molecule has 0 bridgehead atoms. The highest BCUT2D eigenvalue weighted by Gasteiger charge is 2.32. The molecule has 3 rings (SSSR count). The van der Waals surface area contributed by atoms with E-state index < -0.39 is 0 Å². The van der Waals surface area contributed by atoms with Crippen molar-refractivity contribution in [3.63, 3.8) is 0 Å². The van der Waals surface area contributed by atoms with Crippen molar-refractivity contribution in [2.45, 2.75) is 67.1 Å². The third kappa shape index (κ3) is 2.46. The molecule has 1 nitrogen and oxygen atoms in total. The molecule has 0 spiro atoms. The zero-order valence-electron chi connectivity index (χ0n) is 11.0. The first-order chi connectivity index (χ1) is 8.78. The molecular weight excluding hydrogens is 238 g/mol. The van der Waals surface area contributed by atoms with Gasteiger partial charge in [-0.25, -0.2) is 0 Å². The molecule has 1 aromatic carbocycles. The summed E-state index contributed by atoms with van der Waals surface area (Å²) in [7, 11) is 0. The topological polar surface area (TPSA) is 26.0 Å². The fourth-order valence-electron chi connectivity index (χ4n) is 3.10. The molecule has 0 radical (unpaired) electrons. The molecule has 0 saturated heterocycles. The smallest absolute Gasteiger partial charge is 0.0420 e. The minimum absolute atomic E-state index is 0.0500. The number of hydrogen-bond acceptors (Lipinski definition) is 2. The molecule has 0 unspecified atom stereocenters. The van der Waals surface area contributed by atoms with Crippen molar-refractivity contribution in [2.75, 3.05) is 0 Å². The zero-order valence-corrected chi connectivity index (χ0v) is 11.8. The maximum absolute atomic E-state index is 6.70. The SMILES string of the molecule is NC1(c2ccccc2SC2CCC2)CCCCC1. The molecule has 0 atom stereocenters. The lowest BCUT2D eigenvalue weighted by molar-refractivity contribution is 0.298. The van der Waals surface area contributed by atoms with Gasteiger partial charge in [0.25, 0.3) is 0 Å². The largest absolute Gasteiger partial charge is 0.321 e. The van der Waals surface area contributed by atoms with Crippen molar-refractivity contribution in [3.05, 3.63) is 29.8 Å². The van der Waals surface area contributed by atoms with Crippen molar-refractivity contribution in [1.29, 1.82) is 0 Å². The van der Waals surface area contributed by atoms with Crippen molar-refractivity contribution in [1.82, 2.24) is 0 Å². The van der Waals surface area contributed by atoms with E-state index in [4.69, 9.17) is 5.73 Å². The molecule has 0 aliphatic heterocycles. The van der Waals surface area contributed by atoms with Crippen LogP contribution in [0.15, 0.2) is 29.2 Å². The van der Waals surface area contributed by atoms with E-state index in [-0.39, 0.29) is 5.54 Å². The summed E-state index contributed by atoms with van der Waals surface area (Å²) in [5.41, 5.74) is 8.07. The van der Waals surface area contributed by atoms with Crippen LogP contribution >= 0.6 is 11.8 Å². The lowest BCUT2D eigenvalue weighted by Crippen LogP contribution is -2.39. The van der Waals surface area contributed by atoms with Gasteiger partial charge in [0.1, 0.15) is 0 Å². The van der Waals surface area contributed by atoms with Crippen molar-refractivity contribution >= 4 is 11.8 Å². The van der Waals surface area contributed by atoms with Crippen molar-refractivity contribution < 1.29 is 0 Å². The Bertz CT molecular complexity index is 405. The van der Waals surface area contributed by atoms with Gasteiger partial charge in [-0.05, 0) is 37.3 Å². The summed E-state index contributed by atoms with van der Waals surface area (Å²) in [4.78, 5) is 1.45. The lowest BCUT2D eigenvalue weighted by atomic mass is 9.77. The Morgan fingerprint density at radius 1 is 1.00 bits per heavy atom. The minimum atomic E-state index is -0.0500. The third-order valence-electron chi connectivity index (χ3n) is 4.52.